The van der Waals surface area contributed by atoms with E-state index < -0.39 is 0 Å². The van der Waals surface area contributed by atoms with Crippen LogP contribution in [0.3, 0.4) is 0 Å². The number of pyridine rings is 1. The van der Waals surface area contributed by atoms with Crippen molar-refractivity contribution in [2.45, 2.75) is 13.5 Å². The molecule has 4 heteroatoms. The summed E-state index contributed by atoms with van der Waals surface area (Å²) in [6, 6.07) is 2.03. The molecule has 0 radical (unpaired) electrons. The molecule has 0 fully saturated rings. The Kier molecular flexibility index (Phi) is 3.03. The lowest BCUT2D eigenvalue weighted by molar-refractivity contribution is 0.903. The molecule has 3 nitrogen and oxygen atoms in total. The zero-order valence-electron chi connectivity index (χ0n) is 8.16. The van der Waals surface area contributed by atoms with Crippen LogP contribution in [-0.4, -0.2) is 22.4 Å². The summed E-state index contributed by atoms with van der Waals surface area (Å²) >= 11 is 1.79. The Morgan fingerprint density at radius 3 is 3.21 bits per heavy atom. The van der Waals surface area contributed by atoms with Crippen LogP contribution < -0.4 is 5.32 Å². The fourth-order valence-electron chi connectivity index (χ4n) is 1.29. The number of nitrogens with one attached hydrogen (secondary N) is 1. The summed E-state index contributed by atoms with van der Waals surface area (Å²) in [5.41, 5.74) is 2.51. The zero-order chi connectivity index (χ0) is 9.80. The monoisotopic (exact) mass is 207 g/mol. The van der Waals surface area contributed by atoms with Gasteiger partial charge in [-0.25, -0.2) is 0 Å². The highest BCUT2D eigenvalue weighted by Crippen LogP contribution is 2.10. The fraction of sp³-hybridized carbons (Fsp3) is 0.400. The van der Waals surface area contributed by atoms with Crippen LogP contribution in [0.4, 0.5) is 0 Å². The number of nitrogens with zero attached hydrogens (tertiary/aromatic N) is 2. The first-order chi connectivity index (χ1) is 6.86. The molecule has 0 unspecified atom stereocenters. The molecule has 0 aliphatic carbocycles. The maximum absolute atomic E-state index is 4.33. The minimum Gasteiger partial charge on any atom is -0.361 e. The molecule has 14 heavy (non-hydrogen) atoms. The van der Waals surface area contributed by atoms with Crippen molar-refractivity contribution >= 4 is 16.9 Å². The summed E-state index contributed by atoms with van der Waals surface area (Å²) in [6.45, 7) is 3.87. The zero-order valence-corrected chi connectivity index (χ0v) is 8.97. The van der Waals surface area contributed by atoms with E-state index in [9.17, 15) is 0 Å². The van der Waals surface area contributed by atoms with Crippen molar-refractivity contribution < 1.29 is 0 Å². The minimum atomic E-state index is 0.825. The third kappa shape index (κ3) is 2.26. The van der Waals surface area contributed by atoms with Gasteiger partial charge in [-0.15, -0.1) is 0 Å². The molecule has 0 aromatic carbocycles. The second-order valence-corrected chi connectivity index (χ2v) is 4.27. The SMILES string of the molecule is Cc1ccncc1CNC1=NCCS1. The molecular formula is C10H13N3S. The van der Waals surface area contributed by atoms with Gasteiger partial charge in [0.15, 0.2) is 5.17 Å². The number of aliphatic imine (C=N–C) groups is 1. The maximum atomic E-state index is 4.33. The van der Waals surface area contributed by atoms with Crippen molar-refractivity contribution in [1.82, 2.24) is 10.3 Å². The molecule has 0 atom stereocenters. The van der Waals surface area contributed by atoms with E-state index in [1.54, 1.807) is 11.8 Å². The van der Waals surface area contributed by atoms with E-state index >= 15 is 0 Å². The Morgan fingerprint density at radius 2 is 2.50 bits per heavy atom. The van der Waals surface area contributed by atoms with Crippen LogP contribution >= 0.6 is 11.8 Å². The van der Waals surface area contributed by atoms with Crippen molar-refractivity contribution in [2.24, 2.45) is 4.99 Å². The Labute approximate surface area is 88.0 Å². The largest absolute Gasteiger partial charge is 0.361 e. The van der Waals surface area contributed by atoms with Crippen LogP contribution in [0.15, 0.2) is 23.5 Å². The average Bonchev–Trinajstić information content (AvgIpc) is 2.69. The van der Waals surface area contributed by atoms with E-state index in [2.05, 4.69) is 22.2 Å². The Balaban J connectivity index is 1.94. The van der Waals surface area contributed by atoms with Crippen LogP contribution in [0.2, 0.25) is 0 Å². The molecular weight excluding hydrogens is 194 g/mol. The molecule has 1 aliphatic heterocycles. The molecule has 2 heterocycles. The molecule has 0 saturated carbocycles. The summed E-state index contributed by atoms with van der Waals surface area (Å²) in [6.07, 6.45) is 3.73. The van der Waals surface area contributed by atoms with Crippen molar-refractivity contribution in [3.05, 3.63) is 29.6 Å². The number of aryl methyl sites for hydroxylation is 1. The molecule has 0 saturated heterocycles. The van der Waals surface area contributed by atoms with Gasteiger partial charge in [-0.2, -0.15) is 0 Å². The van der Waals surface area contributed by atoms with Gasteiger partial charge in [-0.1, -0.05) is 11.8 Å². The predicted molar refractivity (Wildman–Crippen MR) is 60.6 cm³/mol. The quantitative estimate of drug-likeness (QED) is 0.800. The standard InChI is InChI=1S/C10H13N3S/c1-8-2-3-11-6-9(8)7-13-10-12-4-5-14-10/h2-3,6H,4-5,7H2,1H3,(H,12,13). The van der Waals surface area contributed by atoms with Gasteiger partial charge >= 0.3 is 0 Å². The molecule has 0 amide bonds. The molecule has 2 rings (SSSR count). The second kappa shape index (κ2) is 4.46. The average molecular weight is 207 g/mol. The van der Waals surface area contributed by atoms with Crippen LogP contribution in [0.5, 0.6) is 0 Å². The van der Waals surface area contributed by atoms with Crippen LogP contribution in [-0.2, 0) is 6.54 Å². The van der Waals surface area contributed by atoms with Gasteiger partial charge in [0.25, 0.3) is 0 Å². The highest BCUT2D eigenvalue weighted by Gasteiger charge is 2.06. The van der Waals surface area contributed by atoms with Gasteiger partial charge in [0.05, 0.1) is 6.54 Å². The van der Waals surface area contributed by atoms with Gasteiger partial charge in [-0.05, 0) is 24.1 Å². The molecule has 1 N–H and O–H groups in total. The van der Waals surface area contributed by atoms with Gasteiger partial charge in [0.2, 0.25) is 0 Å². The van der Waals surface area contributed by atoms with E-state index in [4.69, 9.17) is 0 Å². The molecule has 0 bridgehead atoms. The van der Waals surface area contributed by atoms with E-state index in [0.29, 0.717) is 0 Å². The van der Waals surface area contributed by atoms with Gasteiger partial charge in [0.1, 0.15) is 0 Å². The van der Waals surface area contributed by atoms with Crippen LogP contribution in [0, 0.1) is 6.92 Å². The number of hydrogen-bond acceptors (Lipinski definition) is 4. The normalized spacial score (nSPS) is 15.4. The summed E-state index contributed by atoms with van der Waals surface area (Å²) in [5, 5.41) is 4.37. The van der Waals surface area contributed by atoms with E-state index in [-0.39, 0.29) is 0 Å². The van der Waals surface area contributed by atoms with Crippen LogP contribution in [0.25, 0.3) is 0 Å². The molecule has 74 valence electrons. The summed E-state index contributed by atoms with van der Waals surface area (Å²) in [4.78, 5) is 8.43. The molecule has 1 aromatic heterocycles. The predicted octanol–water partition coefficient (Wildman–Crippen LogP) is 1.58. The van der Waals surface area contributed by atoms with Crippen molar-refractivity contribution in [3.8, 4) is 0 Å². The highest BCUT2D eigenvalue weighted by molar-refractivity contribution is 8.14. The summed E-state index contributed by atoms with van der Waals surface area (Å²) in [7, 11) is 0. The number of hydrogen-bond donors (Lipinski definition) is 1. The lowest BCUT2D eigenvalue weighted by Crippen LogP contribution is -2.18. The lowest BCUT2D eigenvalue weighted by Gasteiger charge is -2.06. The molecule has 0 spiro atoms. The summed E-state index contributed by atoms with van der Waals surface area (Å²) in [5.74, 6) is 1.11. The van der Waals surface area contributed by atoms with Crippen molar-refractivity contribution in [1.29, 1.82) is 0 Å². The Bertz CT molecular complexity index is 349. The van der Waals surface area contributed by atoms with Gasteiger partial charge < -0.3 is 5.32 Å². The van der Waals surface area contributed by atoms with Gasteiger partial charge in [0, 0.05) is 24.7 Å². The smallest absolute Gasteiger partial charge is 0.156 e. The van der Waals surface area contributed by atoms with E-state index in [1.165, 1.54) is 11.1 Å². The minimum absolute atomic E-state index is 0.825. The van der Waals surface area contributed by atoms with Gasteiger partial charge in [-0.3, -0.25) is 9.98 Å². The van der Waals surface area contributed by atoms with Crippen molar-refractivity contribution in [3.63, 3.8) is 0 Å². The highest BCUT2D eigenvalue weighted by atomic mass is 32.2. The number of aromatic nitrogens is 1. The number of amidine groups is 1. The fourth-order valence-corrected chi connectivity index (χ4v) is 2.03. The first-order valence-electron chi connectivity index (χ1n) is 4.67. The maximum Gasteiger partial charge on any atom is 0.156 e. The third-order valence-electron chi connectivity index (χ3n) is 2.16. The lowest BCUT2D eigenvalue weighted by atomic mass is 10.2. The van der Waals surface area contributed by atoms with E-state index in [0.717, 1.165) is 24.0 Å². The number of thioether (sulfide) groups is 1. The van der Waals surface area contributed by atoms with E-state index in [1.807, 2.05) is 18.5 Å². The Morgan fingerprint density at radius 1 is 1.57 bits per heavy atom. The third-order valence-corrected chi connectivity index (χ3v) is 3.10. The second-order valence-electron chi connectivity index (χ2n) is 3.19. The van der Waals surface area contributed by atoms with Crippen LogP contribution in [0.1, 0.15) is 11.1 Å². The first-order valence-corrected chi connectivity index (χ1v) is 5.65. The molecule has 1 aliphatic rings. The summed E-state index contributed by atoms with van der Waals surface area (Å²) < 4.78 is 0. The molecule has 1 aromatic rings. The first kappa shape index (κ1) is 9.52. The number of rotatable bonds is 2. The topological polar surface area (TPSA) is 37.3 Å². The Hall–Kier alpha value is -1.03. The van der Waals surface area contributed by atoms with Crippen molar-refractivity contribution in [2.75, 3.05) is 12.3 Å².